The molecule has 29 heavy (non-hydrogen) atoms. The molecule has 0 aliphatic rings. The molecule has 1 aromatic carbocycles. The first kappa shape index (κ1) is 19.0. The number of halogens is 3. The van der Waals surface area contributed by atoms with Crippen molar-refractivity contribution in [1.29, 1.82) is 0 Å². The molecule has 0 fully saturated rings. The zero-order valence-electron chi connectivity index (χ0n) is 14.9. The zero-order valence-corrected chi connectivity index (χ0v) is 15.7. The molecule has 0 radical (unpaired) electrons. The third-order valence-electron chi connectivity index (χ3n) is 4.08. The highest BCUT2D eigenvalue weighted by Gasteiger charge is 2.30. The minimum absolute atomic E-state index is 0.329. The quantitative estimate of drug-likeness (QED) is 0.481. The number of alkyl halides is 3. The minimum atomic E-state index is -4.40. The van der Waals surface area contributed by atoms with E-state index in [1.54, 1.807) is 29.7 Å². The van der Waals surface area contributed by atoms with Gasteiger partial charge in [0.15, 0.2) is 5.82 Å². The number of nitrogens with one attached hydrogen (secondary N) is 1. The van der Waals surface area contributed by atoms with Gasteiger partial charge < -0.3 is 5.32 Å². The maximum atomic E-state index is 12.9. The van der Waals surface area contributed by atoms with Crippen molar-refractivity contribution in [3.8, 4) is 22.8 Å². The molecule has 0 amide bonds. The van der Waals surface area contributed by atoms with Crippen molar-refractivity contribution in [2.75, 3.05) is 5.32 Å². The molecule has 3 heterocycles. The van der Waals surface area contributed by atoms with Gasteiger partial charge in [-0.2, -0.15) is 13.2 Å². The Kier molecular flexibility index (Phi) is 5.22. The van der Waals surface area contributed by atoms with E-state index in [1.807, 2.05) is 23.6 Å². The number of aromatic nitrogens is 4. The van der Waals surface area contributed by atoms with Gasteiger partial charge in [0.25, 0.3) is 0 Å². The molecule has 4 aromatic rings. The summed E-state index contributed by atoms with van der Waals surface area (Å²) in [5.74, 6) is 0.753. The lowest BCUT2D eigenvalue weighted by atomic mass is 10.1. The van der Waals surface area contributed by atoms with Crippen LogP contribution in [0.1, 0.15) is 10.4 Å². The van der Waals surface area contributed by atoms with Crippen LogP contribution < -0.4 is 5.32 Å². The van der Waals surface area contributed by atoms with Crippen LogP contribution in [-0.4, -0.2) is 20.2 Å². The summed E-state index contributed by atoms with van der Waals surface area (Å²) in [5.41, 5.74) is 0.688. The molecule has 0 spiro atoms. The average molecular weight is 413 g/mol. The molecule has 0 aliphatic heterocycles. The van der Waals surface area contributed by atoms with Gasteiger partial charge in [0.2, 0.25) is 5.82 Å². The monoisotopic (exact) mass is 413 g/mol. The van der Waals surface area contributed by atoms with Gasteiger partial charge in [0.05, 0.1) is 12.1 Å². The van der Waals surface area contributed by atoms with Crippen LogP contribution >= 0.6 is 11.3 Å². The van der Waals surface area contributed by atoms with Crippen molar-refractivity contribution in [2.45, 2.75) is 12.7 Å². The van der Waals surface area contributed by atoms with E-state index in [1.165, 1.54) is 12.1 Å². The summed E-state index contributed by atoms with van der Waals surface area (Å²) in [7, 11) is 0. The van der Waals surface area contributed by atoms with Crippen LogP contribution in [-0.2, 0) is 12.7 Å². The van der Waals surface area contributed by atoms with Crippen LogP contribution in [0.5, 0.6) is 0 Å². The first-order valence-corrected chi connectivity index (χ1v) is 9.49. The maximum absolute atomic E-state index is 12.9. The predicted molar refractivity (Wildman–Crippen MR) is 105 cm³/mol. The number of thiophene rings is 1. The number of pyridine rings is 1. The Morgan fingerprint density at radius 2 is 1.76 bits per heavy atom. The van der Waals surface area contributed by atoms with E-state index in [2.05, 4.69) is 25.5 Å². The molecule has 3 aromatic heterocycles. The number of benzene rings is 1. The molecule has 9 heteroatoms. The molecular formula is C20H14F3N5S. The second kappa shape index (κ2) is 7.96. The Morgan fingerprint density at radius 1 is 0.931 bits per heavy atom. The predicted octanol–water partition coefficient (Wildman–Crippen LogP) is 5.29. The molecule has 0 bridgehead atoms. The van der Waals surface area contributed by atoms with Gasteiger partial charge in [-0.05, 0) is 35.7 Å². The number of anilines is 1. The van der Waals surface area contributed by atoms with Gasteiger partial charge in [-0.25, -0.2) is 4.98 Å². The number of hydrogen-bond acceptors (Lipinski definition) is 6. The Morgan fingerprint density at radius 3 is 2.41 bits per heavy atom. The highest BCUT2D eigenvalue weighted by Crippen LogP contribution is 2.32. The van der Waals surface area contributed by atoms with Gasteiger partial charge >= 0.3 is 6.18 Å². The molecule has 0 aliphatic carbocycles. The standard InChI is InChI=1S/C20H14F3N5S/c21-20(22,23)14-8-6-13(7-9-14)17-19(25-12-15-4-3-11-29-15)26-18(28-27-17)16-5-1-2-10-24-16/h1-11H,12H2,(H,25,26,28). The fourth-order valence-electron chi connectivity index (χ4n) is 2.65. The fraction of sp³-hybridized carbons (Fsp3) is 0.100. The number of hydrogen-bond donors (Lipinski definition) is 1. The van der Waals surface area contributed by atoms with Crippen LogP contribution in [0.15, 0.2) is 66.2 Å². The van der Waals surface area contributed by atoms with Crippen LogP contribution in [0.25, 0.3) is 22.8 Å². The highest BCUT2D eigenvalue weighted by atomic mass is 32.1. The molecule has 4 rings (SSSR count). The van der Waals surface area contributed by atoms with Gasteiger partial charge in [-0.15, -0.1) is 21.5 Å². The third kappa shape index (κ3) is 4.40. The van der Waals surface area contributed by atoms with Crippen molar-refractivity contribution in [2.24, 2.45) is 0 Å². The second-order valence-electron chi connectivity index (χ2n) is 6.06. The fourth-order valence-corrected chi connectivity index (χ4v) is 3.29. The van der Waals surface area contributed by atoms with Crippen LogP contribution in [0.2, 0.25) is 0 Å². The van der Waals surface area contributed by atoms with Crippen molar-refractivity contribution in [3.05, 3.63) is 76.6 Å². The SMILES string of the molecule is FC(F)(F)c1ccc(-c2nnc(-c3ccccn3)nc2NCc2cccs2)cc1. The van der Waals surface area contributed by atoms with Crippen LogP contribution in [0.3, 0.4) is 0 Å². The van der Waals surface area contributed by atoms with Crippen molar-refractivity contribution in [1.82, 2.24) is 20.2 Å². The van der Waals surface area contributed by atoms with E-state index >= 15 is 0 Å². The molecule has 5 nitrogen and oxygen atoms in total. The summed E-state index contributed by atoms with van der Waals surface area (Å²) in [4.78, 5) is 9.84. The summed E-state index contributed by atoms with van der Waals surface area (Å²) >= 11 is 1.59. The lowest BCUT2D eigenvalue weighted by Crippen LogP contribution is -2.07. The Labute approximate surface area is 168 Å². The van der Waals surface area contributed by atoms with Crippen molar-refractivity contribution in [3.63, 3.8) is 0 Å². The molecule has 0 atom stereocenters. The Balaban J connectivity index is 1.71. The van der Waals surface area contributed by atoms with E-state index < -0.39 is 11.7 Å². The molecule has 0 unspecified atom stereocenters. The summed E-state index contributed by atoms with van der Waals surface area (Å²) in [6.07, 6.45) is -2.77. The van der Waals surface area contributed by atoms with Gasteiger partial charge in [0.1, 0.15) is 11.4 Å². The summed E-state index contributed by atoms with van der Waals surface area (Å²) in [5, 5.41) is 13.5. The number of rotatable bonds is 5. The van der Waals surface area contributed by atoms with E-state index in [9.17, 15) is 13.2 Å². The largest absolute Gasteiger partial charge is 0.416 e. The second-order valence-corrected chi connectivity index (χ2v) is 7.09. The molecule has 0 saturated carbocycles. The minimum Gasteiger partial charge on any atom is -0.363 e. The third-order valence-corrected chi connectivity index (χ3v) is 4.95. The summed E-state index contributed by atoms with van der Waals surface area (Å²) < 4.78 is 38.6. The maximum Gasteiger partial charge on any atom is 0.416 e. The van der Waals surface area contributed by atoms with Crippen LogP contribution in [0, 0.1) is 0 Å². The van der Waals surface area contributed by atoms with Crippen molar-refractivity contribution < 1.29 is 13.2 Å². The molecule has 1 N–H and O–H groups in total. The van der Waals surface area contributed by atoms with Crippen molar-refractivity contribution >= 4 is 17.2 Å². The summed E-state index contributed by atoms with van der Waals surface area (Å²) in [6, 6.07) is 14.0. The van der Waals surface area contributed by atoms with Crippen LogP contribution in [0.4, 0.5) is 19.0 Å². The van der Waals surface area contributed by atoms with Gasteiger partial charge in [0, 0.05) is 16.6 Å². The Hall–Kier alpha value is -3.33. The summed E-state index contributed by atoms with van der Waals surface area (Å²) in [6.45, 7) is 0.506. The molecule has 0 saturated heterocycles. The normalized spacial score (nSPS) is 11.4. The van der Waals surface area contributed by atoms with E-state index in [4.69, 9.17) is 0 Å². The van der Waals surface area contributed by atoms with E-state index in [0.29, 0.717) is 35.1 Å². The van der Waals surface area contributed by atoms with Gasteiger partial charge in [-0.1, -0.05) is 24.3 Å². The highest BCUT2D eigenvalue weighted by molar-refractivity contribution is 7.09. The van der Waals surface area contributed by atoms with E-state index in [0.717, 1.165) is 17.0 Å². The number of nitrogens with zero attached hydrogens (tertiary/aromatic N) is 4. The molecule has 146 valence electrons. The topological polar surface area (TPSA) is 63.6 Å². The van der Waals surface area contributed by atoms with E-state index in [-0.39, 0.29) is 0 Å². The first-order chi connectivity index (χ1) is 14.0. The first-order valence-electron chi connectivity index (χ1n) is 8.61. The Bertz CT molecular complexity index is 1080. The average Bonchev–Trinajstić information content (AvgIpc) is 3.26. The smallest absolute Gasteiger partial charge is 0.363 e. The molecular weight excluding hydrogens is 399 g/mol. The lowest BCUT2D eigenvalue weighted by Gasteiger charge is -2.12. The zero-order chi connectivity index (χ0) is 20.3. The van der Waals surface area contributed by atoms with Gasteiger partial charge in [-0.3, -0.25) is 4.98 Å². The lowest BCUT2D eigenvalue weighted by molar-refractivity contribution is -0.137.